The number of aryl methyl sites for hydroxylation is 1. The van der Waals surface area contributed by atoms with Gasteiger partial charge in [0.25, 0.3) is 0 Å². The average molecular weight is 251 g/mol. The molecule has 3 nitrogen and oxygen atoms in total. The van der Waals surface area contributed by atoms with Crippen LogP contribution >= 0.6 is 0 Å². The summed E-state index contributed by atoms with van der Waals surface area (Å²) < 4.78 is 10.6. The molecule has 1 aromatic carbocycles. The van der Waals surface area contributed by atoms with Crippen molar-refractivity contribution < 1.29 is 9.47 Å². The van der Waals surface area contributed by atoms with Crippen molar-refractivity contribution in [1.82, 2.24) is 5.32 Å². The van der Waals surface area contributed by atoms with Crippen molar-refractivity contribution in [2.45, 2.75) is 26.7 Å². The summed E-state index contributed by atoms with van der Waals surface area (Å²) in [5.74, 6) is 1.75. The number of rotatable bonds is 7. The molecule has 0 spiro atoms. The first kappa shape index (κ1) is 14.8. The first-order chi connectivity index (χ1) is 8.52. The molecule has 0 heterocycles. The van der Waals surface area contributed by atoms with Crippen molar-refractivity contribution in [3.05, 3.63) is 23.8 Å². The Morgan fingerprint density at radius 2 is 1.89 bits per heavy atom. The van der Waals surface area contributed by atoms with Gasteiger partial charge in [0.2, 0.25) is 0 Å². The normalized spacial score (nSPS) is 11.4. The van der Waals surface area contributed by atoms with E-state index < -0.39 is 0 Å². The Hall–Kier alpha value is -1.22. The van der Waals surface area contributed by atoms with Crippen LogP contribution in [0.25, 0.3) is 0 Å². The molecule has 0 fully saturated rings. The van der Waals surface area contributed by atoms with Gasteiger partial charge in [0.05, 0.1) is 14.2 Å². The van der Waals surface area contributed by atoms with Crippen molar-refractivity contribution in [3.8, 4) is 11.5 Å². The van der Waals surface area contributed by atoms with E-state index in [9.17, 15) is 0 Å². The van der Waals surface area contributed by atoms with E-state index in [4.69, 9.17) is 9.47 Å². The van der Waals surface area contributed by atoms with E-state index in [1.54, 1.807) is 14.2 Å². The van der Waals surface area contributed by atoms with Gasteiger partial charge in [-0.05, 0) is 43.5 Å². The fourth-order valence-electron chi connectivity index (χ4n) is 2.10. The van der Waals surface area contributed by atoms with Crippen LogP contribution in [0.4, 0.5) is 0 Å². The first-order valence-corrected chi connectivity index (χ1v) is 6.38. The van der Waals surface area contributed by atoms with Crippen LogP contribution in [-0.4, -0.2) is 27.8 Å². The van der Waals surface area contributed by atoms with Crippen LogP contribution in [0.1, 0.15) is 25.8 Å². The standard InChI is InChI=1S/C15H25NO2/c1-15(2,11-16-3)9-8-12-6-7-13(17-4)10-14(12)18-5/h6-7,10,16H,8-9,11H2,1-5H3. The summed E-state index contributed by atoms with van der Waals surface area (Å²) >= 11 is 0. The number of methoxy groups -OCH3 is 2. The van der Waals surface area contributed by atoms with Crippen LogP contribution in [0, 0.1) is 5.41 Å². The van der Waals surface area contributed by atoms with Gasteiger partial charge < -0.3 is 14.8 Å². The van der Waals surface area contributed by atoms with Crippen molar-refractivity contribution in [1.29, 1.82) is 0 Å². The van der Waals surface area contributed by atoms with Gasteiger partial charge in [-0.1, -0.05) is 19.9 Å². The molecule has 0 bridgehead atoms. The maximum atomic E-state index is 5.42. The van der Waals surface area contributed by atoms with E-state index in [-0.39, 0.29) is 0 Å². The van der Waals surface area contributed by atoms with Gasteiger partial charge in [0.15, 0.2) is 0 Å². The predicted molar refractivity (Wildman–Crippen MR) is 75.6 cm³/mol. The lowest BCUT2D eigenvalue weighted by Gasteiger charge is -2.24. The topological polar surface area (TPSA) is 30.5 Å². The van der Waals surface area contributed by atoms with Gasteiger partial charge in [-0.25, -0.2) is 0 Å². The molecule has 3 heteroatoms. The van der Waals surface area contributed by atoms with E-state index in [0.29, 0.717) is 5.41 Å². The molecule has 0 aliphatic rings. The lowest BCUT2D eigenvalue weighted by molar-refractivity contribution is 0.321. The van der Waals surface area contributed by atoms with Crippen LogP contribution in [0.15, 0.2) is 18.2 Å². The van der Waals surface area contributed by atoms with E-state index >= 15 is 0 Å². The molecule has 0 saturated carbocycles. The molecule has 0 aromatic heterocycles. The van der Waals surface area contributed by atoms with Crippen LogP contribution in [0.2, 0.25) is 0 Å². The van der Waals surface area contributed by atoms with Gasteiger partial charge >= 0.3 is 0 Å². The highest BCUT2D eigenvalue weighted by atomic mass is 16.5. The molecule has 0 saturated heterocycles. The molecule has 0 unspecified atom stereocenters. The number of ether oxygens (including phenoxy) is 2. The average Bonchev–Trinajstić information content (AvgIpc) is 2.36. The minimum absolute atomic E-state index is 0.291. The molecule has 1 N–H and O–H groups in total. The zero-order valence-electron chi connectivity index (χ0n) is 12.2. The number of nitrogens with one attached hydrogen (secondary N) is 1. The predicted octanol–water partition coefficient (Wildman–Crippen LogP) is 2.88. The van der Waals surface area contributed by atoms with Gasteiger partial charge in [-0.15, -0.1) is 0 Å². The monoisotopic (exact) mass is 251 g/mol. The highest BCUT2D eigenvalue weighted by Crippen LogP contribution is 2.29. The smallest absolute Gasteiger partial charge is 0.125 e. The molecule has 1 rings (SSSR count). The second-order valence-electron chi connectivity index (χ2n) is 5.37. The largest absolute Gasteiger partial charge is 0.497 e. The van der Waals surface area contributed by atoms with Crippen LogP contribution < -0.4 is 14.8 Å². The van der Waals surface area contributed by atoms with E-state index in [1.165, 1.54) is 5.56 Å². The molecule has 1 aromatic rings. The molecule has 0 aliphatic heterocycles. The maximum Gasteiger partial charge on any atom is 0.125 e. The SMILES string of the molecule is CNCC(C)(C)CCc1ccc(OC)cc1OC. The van der Waals surface area contributed by atoms with Crippen LogP contribution in [0.3, 0.4) is 0 Å². The van der Waals surface area contributed by atoms with Crippen molar-refractivity contribution >= 4 is 0 Å². The second-order valence-corrected chi connectivity index (χ2v) is 5.37. The lowest BCUT2D eigenvalue weighted by Crippen LogP contribution is -2.27. The Kier molecular flexibility index (Phi) is 5.48. The first-order valence-electron chi connectivity index (χ1n) is 6.38. The number of hydrogen-bond donors (Lipinski definition) is 1. The Morgan fingerprint density at radius 1 is 1.17 bits per heavy atom. The molecule has 102 valence electrons. The molecule has 0 atom stereocenters. The van der Waals surface area contributed by atoms with Gasteiger partial charge in [-0.3, -0.25) is 0 Å². The minimum atomic E-state index is 0.291. The Bertz CT molecular complexity index is 375. The fourth-order valence-corrected chi connectivity index (χ4v) is 2.10. The third kappa shape index (κ3) is 4.22. The number of benzene rings is 1. The Balaban J connectivity index is 2.72. The highest BCUT2D eigenvalue weighted by Gasteiger charge is 2.17. The summed E-state index contributed by atoms with van der Waals surface area (Å²) in [7, 11) is 5.37. The Morgan fingerprint density at radius 3 is 2.44 bits per heavy atom. The maximum absolute atomic E-state index is 5.42. The zero-order valence-corrected chi connectivity index (χ0v) is 12.2. The van der Waals surface area contributed by atoms with E-state index in [2.05, 4.69) is 25.2 Å². The Labute approximate surface area is 110 Å². The summed E-state index contributed by atoms with van der Waals surface area (Å²) in [5.41, 5.74) is 1.53. The summed E-state index contributed by atoms with van der Waals surface area (Å²) in [6.45, 7) is 5.57. The quantitative estimate of drug-likeness (QED) is 0.808. The second kappa shape index (κ2) is 6.64. The fraction of sp³-hybridized carbons (Fsp3) is 0.600. The third-order valence-electron chi connectivity index (χ3n) is 3.22. The highest BCUT2D eigenvalue weighted by molar-refractivity contribution is 5.40. The van der Waals surface area contributed by atoms with E-state index in [1.807, 2.05) is 19.2 Å². The minimum Gasteiger partial charge on any atom is -0.497 e. The summed E-state index contributed by atoms with van der Waals surface area (Å²) in [6.07, 6.45) is 2.14. The number of hydrogen-bond acceptors (Lipinski definition) is 3. The molecular formula is C15H25NO2. The summed E-state index contributed by atoms with van der Waals surface area (Å²) in [6, 6.07) is 6.02. The molecule has 0 amide bonds. The van der Waals surface area contributed by atoms with Crippen molar-refractivity contribution in [3.63, 3.8) is 0 Å². The van der Waals surface area contributed by atoms with Gasteiger partial charge in [0.1, 0.15) is 11.5 Å². The third-order valence-corrected chi connectivity index (χ3v) is 3.22. The van der Waals surface area contributed by atoms with Gasteiger partial charge in [-0.2, -0.15) is 0 Å². The molecule has 0 radical (unpaired) electrons. The van der Waals surface area contributed by atoms with E-state index in [0.717, 1.165) is 30.9 Å². The van der Waals surface area contributed by atoms with Crippen molar-refractivity contribution in [2.75, 3.05) is 27.8 Å². The molecule has 0 aliphatic carbocycles. The molecular weight excluding hydrogens is 226 g/mol. The summed E-state index contributed by atoms with van der Waals surface area (Å²) in [5, 5.41) is 3.24. The van der Waals surface area contributed by atoms with Crippen molar-refractivity contribution in [2.24, 2.45) is 5.41 Å². The lowest BCUT2D eigenvalue weighted by atomic mass is 9.86. The van der Waals surface area contributed by atoms with Crippen LogP contribution in [-0.2, 0) is 6.42 Å². The molecule has 18 heavy (non-hydrogen) atoms. The zero-order chi connectivity index (χ0) is 13.6. The summed E-state index contributed by atoms with van der Waals surface area (Å²) in [4.78, 5) is 0. The van der Waals surface area contributed by atoms with Crippen LogP contribution in [0.5, 0.6) is 11.5 Å². The van der Waals surface area contributed by atoms with Gasteiger partial charge in [0, 0.05) is 6.07 Å².